The van der Waals surface area contributed by atoms with Gasteiger partial charge in [0.15, 0.2) is 0 Å². The van der Waals surface area contributed by atoms with Crippen molar-refractivity contribution in [3.8, 4) is 0 Å². The molecular weight excluding hydrogens is 308 g/mol. The first-order valence-electron chi connectivity index (χ1n) is 8.19. The van der Waals surface area contributed by atoms with Crippen molar-refractivity contribution in [1.29, 1.82) is 0 Å². The summed E-state index contributed by atoms with van der Waals surface area (Å²) in [5.41, 5.74) is 1.33. The number of Topliss-reactive ketones (excluding diaryl/α,β-unsaturated/α-hetero) is 1. The maximum Gasteiger partial charge on any atom is 0.334 e. The van der Waals surface area contributed by atoms with E-state index in [1.807, 2.05) is 6.92 Å². The molecule has 0 aromatic rings. The summed E-state index contributed by atoms with van der Waals surface area (Å²) in [4.78, 5) is 36.5. The predicted octanol–water partition coefficient (Wildman–Crippen LogP) is 2.37. The van der Waals surface area contributed by atoms with Crippen LogP contribution in [0, 0.1) is 23.7 Å². The molecule has 0 spiro atoms. The van der Waals surface area contributed by atoms with Crippen LogP contribution < -0.4 is 0 Å². The van der Waals surface area contributed by atoms with E-state index < -0.39 is 30.1 Å². The van der Waals surface area contributed by atoms with Gasteiger partial charge in [0.05, 0.1) is 5.92 Å². The highest BCUT2D eigenvalue weighted by atomic mass is 16.6. The molecule has 6 atom stereocenters. The van der Waals surface area contributed by atoms with Crippen LogP contribution in [0.3, 0.4) is 0 Å². The Hall–Kier alpha value is -2.17. The summed E-state index contributed by atoms with van der Waals surface area (Å²) in [7, 11) is 0. The van der Waals surface area contributed by atoms with Gasteiger partial charge >= 0.3 is 11.9 Å². The van der Waals surface area contributed by atoms with Gasteiger partial charge < -0.3 is 9.47 Å². The van der Waals surface area contributed by atoms with Crippen molar-refractivity contribution in [3.05, 3.63) is 36.5 Å². The van der Waals surface area contributed by atoms with Crippen molar-refractivity contribution < 1.29 is 23.9 Å². The molecule has 0 aromatic heterocycles. The molecule has 3 fully saturated rings. The maximum absolute atomic E-state index is 12.4. The Labute approximate surface area is 141 Å². The molecule has 1 aliphatic heterocycles. The van der Waals surface area contributed by atoms with Crippen LogP contribution in [0.2, 0.25) is 0 Å². The van der Waals surface area contributed by atoms with E-state index in [9.17, 15) is 14.4 Å². The smallest absolute Gasteiger partial charge is 0.334 e. The Balaban J connectivity index is 2.01. The van der Waals surface area contributed by atoms with Crippen LogP contribution in [0.25, 0.3) is 0 Å². The van der Waals surface area contributed by atoms with Gasteiger partial charge in [-0.25, -0.2) is 9.59 Å². The van der Waals surface area contributed by atoms with Gasteiger partial charge in [0.1, 0.15) is 18.0 Å². The van der Waals surface area contributed by atoms with E-state index in [1.54, 1.807) is 6.92 Å². The van der Waals surface area contributed by atoms with Gasteiger partial charge in [-0.3, -0.25) is 4.79 Å². The van der Waals surface area contributed by atoms with E-state index in [2.05, 4.69) is 19.7 Å². The summed E-state index contributed by atoms with van der Waals surface area (Å²) in [6.07, 6.45) is -0.331. The Morgan fingerprint density at radius 2 is 1.92 bits per heavy atom. The number of hydrogen-bond acceptors (Lipinski definition) is 5. The Kier molecular flexibility index (Phi) is 3.98. The van der Waals surface area contributed by atoms with Crippen LogP contribution in [-0.4, -0.2) is 29.9 Å². The van der Waals surface area contributed by atoms with Crippen LogP contribution in [0.15, 0.2) is 36.5 Å². The summed E-state index contributed by atoms with van der Waals surface area (Å²) in [5.74, 6) is -1.71. The third-order valence-corrected chi connectivity index (χ3v) is 5.46. The lowest BCUT2D eigenvalue weighted by molar-refractivity contribution is -0.149. The minimum atomic E-state index is -0.615. The van der Waals surface area contributed by atoms with Gasteiger partial charge in [0.2, 0.25) is 0 Å². The van der Waals surface area contributed by atoms with Crippen molar-refractivity contribution in [2.45, 2.75) is 38.9 Å². The number of carbonyl (C=O) groups is 3. The molecule has 1 heterocycles. The molecule has 128 valence electrons. The first-order chi connectivity index (χ1) is 11.2. The SMILES string of the molecule is C=C(C)C(=O)O[C@H]1CC(=C)C2C(=O)C[C@@H](C)C2[C@H]2OC(=O)C(=C)[C@H]12. The third-order valence-electron chi connectivity index (χ3n) is 5.46. The number of esters is 2. The molecule has 0 amide bonds. The largest absolute Gasteiger partial charge is 0.458 e. The Morgan fingerprint density at radius 1 is 1.25 bits per heavy atom. The average Bonchev–Trinajstić information content (AvgIpc) is 2.89. The van der Waals surface area contributed by atoms with Crippen molar-refractivity contribution in [3.63, 3.8) is 0 Å². The Morgan fingerprint density at radius 3 is 2.54 bits per heavy atom. The zero-order valence-corrected chi connectivity index (χ0v) is 14.0. The van der Waals surface area contributed by atoms with E-state index >= 15 is 0 Å². The molecule has 3 rings (SSSR count). The number of ether oxygens (including phenoxy) is 2. The quantitative estimate of drug-likeness (QED) is 0.442. The lowest BCUT2D eigenvalue weighted by Crippen LogP contribution is -2.37. The molecule has 2 aliphatic carbocycles. The van der Waals surface area contributed by atoms with E-state index in [1.165, 1.54) is 0 Å². The minimum Gasteiger partial charge on any atom is -0.458 e. The average molecular weight is 330 g/mol. The molecule has 1 saturated heterocycles. The second-order valence-electron chi connectivity index (χ2n) is 7.21. The van der Waals surface area contributed by atoms with Crippen LogP contribution in [-0.2, 0) is 23.9 Å². The maximum atomic E-state index is 12.4. The molecule has 5 heteroatoms. The second-order valence-corrected chi connectivity index (χ2v) is 7.21. The molecule has 5 nitrogen and oxygen atoms in total. The summed E-state index contributed by atoms with van der Waals surface area (Å²) in [6, 6.07) is 0. The van der Waals surface area contributed by atoms with Gasteiger partial charge in [-0.2, -0.15) is 0 Å². The molecule has 0 bridgehead atoms. The van der Waals surface area contributed by atoms with E-state index in [4.69, 9.17) is 9.47 Å². The fourth-order valence-electron chi connectivity index (χ4n) is 4.36. The molecule has 2 unspecified atom stereocenters. The summed E-state index contributed by atoms with van der Waals surface area (Å²) in [6.45, 7) is 15.1. The second kappa shape index (κ2) is 5.72. The van der Waals surface area contributed by atoms with Crippen molar-refractivity contribution in [1.82, 2.24) is 0 Å². The van der Waals surface area contributed by atoms with E-state index in [0.717, 1.165) is 5.57 Å². The van der Waals surface area contributed by atoms with Gasteiger partial charge in [-0.15, -0.1) is 0 Å². The standard InChI is InChI=1S/C19H22O5/c1-8(2)18(21)23-13-7-10(4)14-12(20)6-9(3)15(14)17-16(13)11(5)19(22)24-17/h9,13-17H,1,4-7H2,2-3H3/t9-,13+,14?,15?,16-,17-/m1/s1. The lowest BCUT2D eigenvalue weighted by atomic mass is 9.79. The van der Waals surface area contributed by atoms with Crippen molar-refractivity contribution in [2.75, 3.05) is 0 Å². The van der Waals surface area contributed by atoms with Gasteiger partial charge in [0.25, 0.3) is 0 Å². The Bertz CT molecular complexity index is 673. The van der Waals surface area contributed by atoms with Crippen molar-refractivity contribution in [2.24, 2.45) is 23.7 Å². The third kappa shape index (κ3) is 2.43. The van der Waals surface area contributed by atoms with Crippen LogP contribution in [0.5, 0.6) is 0 Å². The predicted molar refractivity (Wildman–Crippen MR) is 86.7 cm³/mol. The van der Waals surface area contributed by atoms with E-state index in [0.29, 0.717) is 18.4 Å². The highest BCUT2D eigenvalue weighted by molar-refractivity contribution is 5.93. The number of hydrogen-bond donors (Lipinski definition) is 0. The number of fused-ring (bicyclic) bond motifs is 3. The summed E-state index contributed by atoms with van der Waals surface area (Å²) >= 11 is 0. The van der Waals surface area contributed by atoms with Crippen LogP contribution >= 0.6 is 0 Å². The molecule has 0 N–H and O–H groups in total. The highest BCUT2D eigenvalue weighted by Gasteiger charge is 2.58. The van der Waals surface area contributed by atoms with E-state index in [-0.39, 0.29) is 29.1 Å². The fourth-order valence-corrected chi connectivity index (χ4v) is 4.36. The zero-order valence-electron chi connectivity index (χ0n) is 14.0. The van der Waals surface area contributed by atoms with Crippen molar-refractivity contribution >= 4 is 17.7 Å². The summed E-state index contributed by atoms with van der Waals surface area (Å²) < 4.78 is 11.1. The fraction of sp³-hybridized carbons (Fsp3) is 0.526. The first kappa shape index (κ1) is 16.7. The first-order valence-corrected chi connectivity index (χ1v) is 8.19. The molecular formula is C19H22O5. The molecule has 3 aliphatic rings. The molecule has 24 heavy (non-hydrogen) atoms. The van der Waals surface area contributed by atoms with Crippen LogP contribution in [0.4, 0.5) is 0 Å². The highest BCUT2D eigenvalue weighted by Crippen LogP contribution is 2.51. The van der Waals surface area contributed by atoms with Gasteiger partial charge in [-0.1, -0.05) is 32.2 Å². The van der Waals surface area contributed by atoms with Gasteiger partial charge in [-0.05, 0) is 12.8 Å². The topological polar surface area (TPSA) is 69.7 Å². The number of rotatable bonds is 2. The molecule has 0 radical (unpaired) electrons. The minimum absolute atomic E-state index is 0.0843. The van der Waals surface area contributed by atoms with Gasteiger partial charge in [0, 0.05) is 35.8 Å². The number of carbonyl (C=O) groups excluding carboxylic acids is 3. The number of ketones is 1. The normalized spacial score (nSPS) is 38.2. The molecule has 2 saturated carbocycles. The lowest BCUT2D eigenvalue weighted by Gasteiger charge is -2.29. The monoisotopic (exact) mass is 330 g/mol. The zero-order chi connectivity index (χ0) is 17.8. The molecule has 0 aromatic carbocycles. The van der Waals surface area contributed by atoms with Crippen LogP contribution in [0.1, 0.15) is 26.7 Å². The summed E-state index contributed by atoms with van der Waals surface area (Å²) in [5, 5.41) is 0.